The first-order valence-corrected chi connectivity index (χ1v) is 9.96. The summed E-state index contributed by atoms with van der Waals surface area (Å²) in [4.78, 5) is 23.4. The highest BCUT2D eigenvalue weighted by Crippen LogP contribution is 2.22. The number of hydrogen-bond donors (Lipinski definition) is 2. The molecule has 0 amide bonds. The minimum absolute atomic E-state index is 0.0674. The van der Waals surface area contributed by atoms with Crippen molar-refractivity contribution >= 4 is 27.5 Å². The molecule has 2 N–H and O–H groups in total. The molecule has 0 aliphatic carbocycles. The molecule has 0 spiro atoms. The number of nitrogens with zero attached hydrogens (tertiary/aromatic N) is 4. The van der Waals surface area contributed by atoms with Gasteiger partial charge in [-0.05, 0) is 12.8 Å². The molecule has 9 nitrogen and oxygen atoms in total. The van der Waals surface area contributed by atoms with Gasteiger partial charge in [0.15, 0.2) is 0 Å². The number of thiazole rings is 1. The summed E-state index contributed by atoms with van der Waals surface area (Å²) in [6.45, 7) is 0.473. The molecule has 11 heteroatoms. The van der Waals surface area contributed by atoms with E-state index < -0.39 is 22.1 Å². The first-order valence-electron chi connectivity index (χ1n) is 7.64. The number of piperidine rings is 1. The van der Waals surface area contributed by atoms with Gasteiger partial charge in [0.2, 0.25) is 0 Å². The Morgan fingerprint density at radius 2 is 2.12 bits per heavy atom. The van der Waals surface area contributed by atoms with Crippen LogP contribution < -0.4 is 4.72 Å². The Morgan fingerprint density at radius 1 is 1.36 bits per heavy atom. The molecular formula is C14H17N5O4S2. The molecule has 2 aromatic rings. The van der Waals surface area contributed by atoms with Gasteiger partial charge in [-0.15, -0.1) is 11.3 Å². The number of nitrogens with one attached hydrogen (secondary N) is 1. The highest BCUT2D eigenvalue weighted by atomic mass is 32.2. The van der Waals surface area contributed by atoms with E-state index in [-0.39, 0.29) is 19.6 Å². The van der Waals surface area contributed by atoms with Gasteiger partial charge in [0.1, 0.15) is 10.7 Å². The number of aliphatic carboxylic acids is 1. The van der Waals surface area contributed by atoms with Gasteiger partial charge in [0.05, 0.1) is 24.4 Å². The molecule has 0 unspecified atom stereocenters. The number of aromatic nitrogens is 3. The van der Waals surface area contributed by atoms with Gasteiger partial charge in [-0.25, -0.2) is 4.98 Å². The van der Waals surface area contributed by atoms with Gasteiger partial charge in [0.25, 0.3) is 10.2 Å². The van der Waals surface area contributed by atoms with E-state index in [0.29, 0.717) is 29.2 Å². The van der Waals surface area contributed by atoms with E-state index >= 15 is 0 Å². The summed E-state index contributed by atoms with van der Waals surface area (Å²) in [5.74, 6) is -1.34. The first-order chi connectivity index (χ1) is 12.0. The summed E-state index contributed by atoms with van der Waals surface area (Å²) in [5, 5.41) is 11.4. The van der Waals surface area contributed by atoms with E-state index in [1.165, 1.54) is 15.6 Å². The average Bonchev–Trinajstić information content (AvgIpc) is 3.10. The van der Waals surface area contributed by atoms with Crippen molar-refractivity contribution in [2.75, 3.05) is 13.1 Å². The predicted octanol–water partition coefficient (Wildman–Crippen LogP) is 0.731. The normalized spacial score (nSPS) is 16.8. The summed E-state index contributed by atoms with van der Waals surface area (Å²) in [6, 6.07) is 0. The Kier molecular flexibility index (Phi) is 5.37. The fraction of sp³-hybridized carbons (Fsp3) is 0.429. The van der Waals surface area contributed by atoms with Crippen molar-refractivity contribution in [3.05, 3.63) is 29.7 Å². The van der Waals surface area contributed by atoms with Gasteiger partial charge in [0, 0.05) is 30.9 Å². The molecule has 0 aromatic carbocycles. The second kappa shape index (κ2) is 7.52. The molecule has 3 rings (SSSR count). The number of rotatable bonds is 6. The van der Waals surface area contributed by atoms with E-state index in [0.717, 1.165) is 0 Å². The van der Waals surface area contributed by atoms with E-state index in [9.17, 15) is 13.2 Å². The van der Waals surface area contributed by atoms with Gasteiger partial charge >= 0.3 is 5.97 Å². The van der Waals surface area contributed by atoms with Crippen LogP contribution in [-0.2, 0) is 21.5 Å². The molecule has 1 aliphatic rings. The van der Waals surface area contributed by atoms with E-state index in [1.54, 1.807) is 24.0 Å². The molecule has 1 saturated heterocycles. The van der Waals surface area contributed by atoms with Crippen molar-refractivity contribution in [1.29, 1.82) is 0 Å². The highest BCUT2D eigenvalue weighted by Gasteiger charge is 2.30. The van der Waals surface area contributed by atoms with Crippen molar-refractivity contribution in [2.24, 2.45) is 5.92 Å². The Hall–Kier alpha value is -1.95. The Labute approximate surface area is 148 Å². The second-order valence-electron chi connectivity index (χ2n) is 5.57. The highest BCUT2D eigenvalue weighted by molar-refractivity contribution is 7.87. The maximum absolute atomic E-state index is 12.3. The zero-order chi connectivity index (χ0) is 17.9. The lowest BCUT2D eigenvalue weighted by molar-refractivity contribution is -0.142. The zero-order valence-electron chi connectivity index (χ0n) is 13.2. The van der Waals surface area contributed by atoms with Crippen molar-refractivity contribution in [3.63, 3.8) is 0 Å². The van der Waals surface area contributed by atoms with Crippen LogP contribution in [0.4, 0.5) is 0 Å². The molecule has 3 heterocycles. The second-order valence-corrected chi connectivity index (χ2v) is 8.19. The Balaban J connectivity index is 1.58. The number of carbonyl (C=O) groups is 1. The van der Waals surface area contributed by atoms with Crippen LogP contribution >= 0.6 is 11.3 Å². The van der Waals surface area contributed by atoms with Crippen LogP contribution in [-0.4, -0.2) is 51.8 Å². The van der Waals surface area contributed by atoms with Gasteiger partial charge < -0.3 is 5.11 Å². The zero-order valence-corrected chi connectivity index (χ0v) is 14.8. The number of hydrogen-bond acceptors (Lipinski definition) is 7. The fourth-order valence-corrected chi connectivity index (χ4v) is 4.50. The van der Waals surface area contributed by atoms with Crippen LogP contribution in [0.5, 0.6) is 0 Å². The summed E-state index contributed by atoms with van der Waals surface area (Å²) in [6.07, 6.45) is 5.38. The minimum atomic E-state index is -3.66. The van der Waals surface area contributed by atoms with Crippen molar-refractivity contribution in [1.82, 2.24) is 24.0 Å². The van der Waals surface area contributed by atoms with Crippen LogP contribution in [0, 0.1) is 5.92 Å². The molecule has 0 bridgehead atoms. The maximum atomic E-state index is 12.3. The van der Waals surface area contributed by atoms with Crippen LogP contribution in [0.15, 0.2) is 24.0 Å². The van der Waals surface area contributed by atoms with Crippen LogP contribution in [0.3, 0.4) is 0 Å². The van der Waals surface area contributed by atoms with E-state index in [2.05, 4.69) is 19.7 Å². The summed E-state index contributed by atoms with van der Waals surface area (Å²) < 4.78 is 28.5. The largest absolute Gasteiger partial charge is 0.481 e. The van der Waals surface area contributed by atoms with Gasteiger partial charge in [-0.2, -0.15) is 17.4 Å². The van der Waals surface area contributed by atoms with Gasteiger partial charge in [-0.1, -0.05) is 0 Å². The lowest BCUT2D eigenvalue weighted by atomic mass is 9.99. The van der Waals surface area contributed by atoms with Crippen molar-refractivity contribution in [2.45, 2.75) is 19.4 Å². The molecule has 1 fully saturated rings. The molecule has 134 valence electrons. The third-order valence-corrected chi connectivity index (χ3v) is 6.38. The fourth-order valence-electron chi connectivity index (χ4n) is 2.51. The van der Waals surface area contributed by atoms with Crippen LogP contribution in [0.2, 0.25) is 0 Å². The minimum Gasteiger partial charge on any atom is -0.481 e. The maximum Gasteiger partial charge on any atom is 0.306 e. The summed E-state index contributed by atoms with van der Waals surface area (Å²) >= 11 is 1.36. The third kappa shape index (κ3) is 4.37. The average molecular weight is 383 g/mol. The Bertz CT molecular complexity index is 832. The quantitative estimate of drug-likeness (QED) is 0.753. The number of carboxylic acid groups (broad SMARTS) is 1. The topological polar surface area (TPSA) is 125 Å². The molecule has 1 aliphatic heterocycles. The molecular weight excluding hydrogens is 366 g/mol. The number of carboxylic acids is 1. The van der Waals surface area contributed by atoms with Crippen molar-refractivity contribution < 1.29 is 18.3 Å². The monoisotopic (exact) mass is 383 g/mol. The lowest BCUT2D eigenvalue weighted by Crippen LogP contribution is -2.45. The SMILES string of the molecule is O=C(O)C1CCN(S(=O)(=O)NCc2csc(-c3cnccn3)n2)CC1. The molecule has 0 saturated carbocycles. The standard InChI is InChI=1S/C14H17N5O4S2/c20-14(21)10-1-5-19(6-2-10)25(22,23)17-7-11-9-24-13(18-11)12-8-15-3-4-16-12/h3-4,8-10,17H,1-2,5-7H2,(H,20,21). The first kappa shape index (κ1) is 17.9. The summed E-state index contributed by atoms with van der Waals surface area (Å²) in [7, 11) is -3.66. The smallest absolute Gasteiger partial charge is 0.306 e. The van der Waals surface area contributed by atoms with Crippen molar-refractivity contribution in [3.8, 4) is 10.7 Å². The van der Waals surface area contributed by atoms with Crippen LogP contribution in [0.1, 0.15) is 18.5 Å². The molecule has 0 radical (unpaired) electrons. The third-order valence-electron chi connectivity index (χ3n) is 3.91. The Morgan fingerprint density at radius 3 is 2.76 bits per heavy atom. The van der Waals surface area contributed by atoms with E-state index in [4.69, 9.17) is 5.11 Å². The lowest BCUT2D eigenvalue weighted by Gasteiger charge is -2.29. The predicted molar refractivity (Wildman–Crippen MR) is 90.8 cm³/mol. The summed E-state index contributed by atoms with van der Waals surface area (Å²) in [5.41, 5.74) is 1.23. The molecule has 25 heavy (non-hydrogen) atoms. The molecule has 0 atom stereocenters. The molecule has 2 aromatic heterocycles. The van der Waals surface area contributed by atoms with E-state index in [1.807, 2.05) is 0 Å². The van der Waals surface area contributed by atoms with Gasteiger partial charge in [-0.3, -0.25) is 14.8 Å². The van der Waals surface area contributed by atoms with Crippen LogP contribution in [0.25, 0.3) is 10.7 Å².